The Morgan fingerprint density at radius 3 is 2.56 bits per heavy atom. The van der Waals surface area contributed by atoms with Crippen LogP contribution in [0.15, 0.2) is 29.2 Å². The second-order valence-electron chi connectivity index (χ2n) is 4.26. The van der Waals surface area contributed by atoms with Crippen molar-refractivity contribution < 1.29 is 13.5 Å². The van der Waals surface area contributed by atoms with E-state index in [1.54, 1.807) is 24.3 Å². The molecule has 1 rings (SSSR count). The largest absolute Gasteiger partial charge is 0.391 e. The topological polar surface area (TPSA) is 66.4 Å². The first-order chi connectivity index (χ1) is 8.51. The Labute approximate surface area is 109 Å². The number of nitrogens with one attached hydrogen (secondary N) is 1. The second kappa shape index (κ2) is 6.75. The van der Waals surface area contributed by atoms with Crippen molar-refractivity contribution in [2.24, 2.45) is 0 Å². The normalized spacial score (nSPS) is 13.3. The molecule has 4 nitrogen and oxygen atoms in total. The molecule has 1 aromatic carbocycles. The second-order valence-corrected chi connectivity index (χ2v) is 6.34. The average molecular weight is 271 g/mol. The van der Waals surface area contributed by atoms with Crippen molar-refractivity contribution >= 4 is 15.5 Å². The van der Waals surface area contributed by atoms with Crippen LogP contribution in [0.2, 0.25) is 0 Å². The predicted octanol–water partition coefficient (Wildman–Crippen LogP) is 2.05. The Bertz CT molecular complexity index is 471. The van der Waals surface area contributed by atoms with Crippen LogP contribution >= 0.6 is 0 Å². The number of hydrogen-bond acceptors (Lipinski definition) is 4. The number of aliphatic hydroxyl groups is 1. The molecule has 0 aliphatic carbocycles. The van der Waals surface area contributed by atoms with Crippen LogP contribution < -0.4 is 5.32 Å². The van der Waals surface area contributed by atoms with Gasteiger partial charge in [0.2, 0.25) is 0 Å². The molecule has 0 bridgehead atoms. The van der Waals surface area contributed by atoms with E-state index in [-0.39, 0.29) is 5.75 Å². The highest BCUT2D eigenvalue weighted by Gasteiger charge is 2.17. The third-order valence-electron chi connectivity index (χ3n) is 2.69. The van der Waals surface area contributed by atoms with Crippen LogP contribution in [0.5, 0.6) is 0 Å². The summed E-state index contributed by atoms with van der Waals surface area (Å²) in [6, 6.07) is 6.83. The number of para-hydroxylation sites is 1. The lowest BCUT2D eigenvalue weighted by molar-refractivity contribution is 0.183. The van der Waals surface area contributed by atoms with E-state index in [9.17, 15) is 13.5 Å². The number of anilines is 1. The Morgan fingerprint density at radius 1 is 1.28 bits per heavy atom. The SMILES string of the molecule is CCCS(=O)(=O)c1ccccc1NCC(O)CC. The summed E-state index contributed by atoms with van der Waals surface area (Å²) in [5, 5.41) is 12.5. The maximum Gasteiger partial charge on any atom is 0.180 e. The monoisotopic (exact) mass is 271 g/mol. The number of rotatable bonds is 7. The fourth-order valence-electron chi connectivity index (χ4n) is 1.63. The van der Waals surface area contributed by atoms with Gasteiger partial charge in [0, 0.05) is 6.54 Å². The number of aliphatic hydroxyl groups excluding tert-OH is 1. The summed E-state index contributed by atoms with van der Waals surface area (Å²) in [7, 11) is -3.24. The van der Waals surface area contributed by atoms with Crippen molar-refractivity contribution in [1.29, 1.82) is 0 Å². The molecule has 2 N–H and O–H groups in total. The Kier molecular flexibility index (Phi) is 5.62. The molecule has 0 saturated carbocycles. The summed E-state index contributed by atoms with van der Waals surface area (Å²) in [5.74, 6) is 0.141. The highest BCUT2D eigenvalue weighted by Crippen LogP contribution is 2.22. The zero-order valence-corrected chi connectivity index (χ0v) is 11.7. The van der Waals surface area contributed by atoms with Gasteiger partial charge in [-0.3, -0.25) is 0 Å². The smallest absolute Gasteiger partial charge is 0.180 e. The highest BCUT2D eigenvalue weighted by atomic mass is 32.2. The van der Waals surface area contributed by atoms with Crippen LogP contribution in [0.4, 0.5) is 5.69 Å². The summed E-state index contributed by atoms with van der Waals surface area (Å²) >= 11 is 0. The maximum absolute atomic E-state index is 12.1. The third-order valence-corrected chi connectivity index (χ3v) is 4.67. The molecule has 18 heavy (non-hydrogen) atoms. The van der Waals surface area contributed by atoms with Crippen LogP contribution in [0.3, 0.4) is 0 Å². The molecule has 0 aromatic heterocycles. The van der Waals surface area contributed by atoms with Gasteiger partial charge in [-0.05, 0) is 25.0 Å². The van der Waals surface area contributed by atoms with Gasteiger partial charge in [0.05, 0.1) is 22.4 Å². The highest BCUT2D eigenvalue weighted by molar-refractivity contribution is 7.91. The van der Waals surface area contributed by atoms with Crippen molar-refractivity contribution in [2.45, 2.75) is 37.7 Å². The molecule has 5 heteroatoms. The standard InChI is InChI=1S/C13H21NO3S/c1-3-9-18(16,17)13-8-6-5-7-12(13)14-10-11(15)4-2/h5-8,11,14-15H,3-4,9-10H2,1-2H3. The van der Waals surface area contributed by atoms with Gasteiger partial charge < -0.3 is 10.4 Å². The fourth-order valence-corrected chi connectivity index (χ4v) is 3.15. The van der Waals surface area contributed by atoms with Gasteiger partial charge in [-0.2, -0.15) is 0 Å². The number of hydrogen-bond donors (Lipinski definition) is 2. The van der Waals surface area contributed by atoms with Crippen molar-refractivity contribution in [1.82, 2.24) is 0 Å². The lowest BCUT2D eigenvalue weighted by Crippen LogP contribution is -2.19. The Balaban J connectivity index is 2.93. The van der Waals surface area contributed by atoms with Crippen LogP contribution in [-0.4, -0.2) is 31.9 Å². The molecule has 102 valence electrons. The van der Waals surface area contributed by atoms with Crippen molar-refractivity contribution in [3.05, 3.63) is 24.3 Å². The zero-order valence-electron chi connectivity index (χ0n) is 10.9. The van der Waals surface area contributed by atoms with E-state index in [1.807, 2.05) is 13.8 Å². The maximum atomic E-state index is 12.1. The Hall–Kier alpha value is -1.07. The van der Waals surface area contributed by atoms with Gasteiger partial charge in [-0.15, -0.1) is 0 Å². The van der Waals surface area contributed by atoms with Crippen LogP contribution in [0.25, 0.3) is 0 Å². The van der Waals surface area contributed by atoms with E-state index in [2.05, 4.69) is 5.32 Å². The lowest BCUT2D eigenvalue weighted by atomic mass is 10.2. The average Bonchev–Trinajstić information content (AvgIpc) is 2.36. The van der Waals surface area contributed by atoms with E-state index in [0.29, 0.717) is 30.0 Å². The van der Waals surface area contributed by atoms with Crippen LogP contribution in [-0.2, 0) is 9.84 Å². The predicted molar refractivity (Wildman–Crippen MR) is 73.6 cm³/mol. The summed E-state index contributed by atoms with van der Waals surface area (Å²) in [6.07, 6.45) is 0.762. The first-order valence-electron chi connectivity index (χ1n) is 6.25. The van der Waals surface area contributed by atoms with Gasteiger partial charge in [-0.25, -0.2) is 8.42 Å². The minimum atomic E-state index is -3.24. The van der Waals surface area contributed by atoms with Crippen LogP contribution in [0, 0.1) is 0 Å². The summed E-state index contributed by atoms with van der Waals surface area (Å²) in [5.41, 5.74) is 0.568. The summed E-state index contributed by atoms with van der Waals surface area (Å²) in [6.45, 7) is 4.08. The zero-order chi connectivity index (χ0) is 13.6. The molecule has 0 aliphatic rings. The molecule has 1 atom stereocenters. The molecule has 0 saturated heterocycles. The van der Waals surface area contributed by atoms with Gasteiger partial charge in [0.1, 0.15) is 0 Å². The first kappa shape index (κ1) is 15.0. The van der Waals surface area contributed by atoms with Crippen molar-refractivity contribution in [3.63, 3.8) is 0 Å². The minimum Gasteiger partial charge on any atom is -0.391 e. The van der Waals surface area contributed by atoms with E-state index in [0.717, 1.165) is 0 Å². The molecule has 1 unspecified atom stereocenters. The van der Waals surface area contributed by atoms with Crippen LogP contribution in [0.1, 0.15) is 26.7 Å². The third kappa shape index (κ3) is 3.99. The molecular formula is C13H21NO3S. The van der Waals surface area contributed by atoms with Crippen molar-refractivity contribution in [3.8, 4) is 0 Å². The molecular weight excluding hydrogens is 250 g/mol. The Morgan fingerprint density at radius 2 is 1.94 bits per heavy atom. The minimum absolute atomic E-state index is 0.141. The van der Waals surface area contributed by atoms with Gasteiger partial charge in [-0.1, -0.05) is 26.0 Å². The summed E-state index contributed by atoms with van der Waals surface area (Å²) < 4.78 is 24.1. The van der Waals surface area contributed by atoms with E-state index in [1.165, 1.54) is 0 Å². The van der Waals surface area contributed by atoms with Gasteiger partial charge in [0.15, 0.2) is 9.84 Å². The molecule has 0 fully saturated rings. The van der Waals surface area contributed by atoms with E-state index in [4.69, 9.17) is 0 Å². The van der Waals surface area contributed by atoms with E-state index >= 15 is 0 Å². The lowest BCUT2D eigenvalue weighted by Gasteiger charge is -2.14. The molecule has 1 aromatic rings. The summed E-state index contributed by atoms with van der Waals surface area (Å²) in [4.78, 5) is 0.315. The molecule has 0 radical (unpaired) electrons. The number of sulfone groups is 1. The number of benzene rings is 1. The molecule has 0 aliphatic heterocycles. The van der Waals surface area contributed by atoms with E-state index < -0.39 is 15.9 Å². The van der Waals surface area contributed by atoms with Gasteiger partial charge in [0.25, 0.3) is 0 Å². The molecule has 0 heterocycles. The van der Waals surface area contributed by atoms with Crippen molar-refractivity contribution in [2.75, 3.05) is 17.6 Å². The fraction of sp³-hybridized carbons (Fsp3) is 0.538. The molecule has 0 spiro atoms. The molecule has 0 amide bonds. The van der Waals surface area contributed by atoms with Gasteiger partial charge >= 0.3 is 0 Å². The first-order valence-corrected chi connectivity index (χ1v) is 7.90. The quantitative estimate of drug-likeness (QED) is 0.796.